The molecule has 17 heavy (non-hydrogen) atoms. The number of aromatic nitrogens is 1. The first-order chi connectivity index (χ1) is 8.22. The highest BCUT2D eigenvalue weighted by molar-refractivity contribution is 5.42. The van der Waals surface area contributed by atoms with Crippen LogP contribution in [0.15, 0.2) is 18.3 Å². The highest BCUT2D eigenvalue weighted by atomic mass is 16.3. The molecule has 94 valence electrons. The van der Waals surface area contributed by atoms with Gasteiger partial charge in [0.1, 0.15) is 5.82 Å². The Morgan fingerprint density at radius 2 is 2.24 bits per heavy atom. The van der Waals surface area contributed by atoms with Gasteiger partial charge in [-0.15, -0.1) is 0 Å². The molecular weight excluding hydrogens is 212 g/mol. The maximum Gasteiger partial charge on any atom is 0.128 e. The number of pyridine rings is 1. The molecule has 0 spiro atoms. The molecule has 1 heterocycles. The zero-order valence-corrected chi connectivity index (χ0v) is 10.8. The van der Waals surface area contributed by atoms with E-state index in [0.29, 0.717) is 6.04 Å². The van der Waals surface area contributed by atoms with Crippen LogP contribution in [0.3, 0.4) is 0 Å². The molecule has 1 fully saturated rings. The molecule has 1 aliphatic rings. The summed E-state index contributed by atoms with van der Waals surface area (Å²) in [5, 5.41) is 9.46. The summed E-state index contributed by atoms with van der Waals surface area (Å²) in [6, 6.07) is 4.72. The minimum absolute atomic E-state index is 0.429. The Hall–Kier alpha value is -1.09. The van der Waals surface area contributed by atoms with E-state index in [2.05, 4.69) is 16.8 Å². The molecule has 0 radical (unpaired) electrons. The van der Waals surface area contributed by atoms with E-state index in [1.54, 1.807) is 13.1 Å². The lowest BCUT2D eigenvalue weighted by molar-refractivity contribution is 0.199. The van der Waals surface area contributed by atoms with Gasteiger partial charge in [0.15, 0.2) is 0 Å². The van der Waals surface area contributed by atoms with E-state index in [4.69, 9.17) is 0 Å². The summed E-state index contributed by atoms with van der Waals surface area (Å²) < 4.78 is 0. The first-order valence-electron chi connectivity index (χ1n) is 6.63. The fraction of sp³-hybridized carbons (Fsp3) is 0.643. The molecule has 0 bridgehead atoms. The monoisotopic (exact) mass is 234 g/mol. The van der Waals surface area contributed by atoms with Crippen LogP contribution < -0.4 is 4.90 Å². The molecule has 0 amide bonds. The second-order valence-corrected chi connectivity index (χ2v) is 4.90. The lowest BCUT2D eigenvalue weighted by Gasteiger charge is -2.23. The van der Waals surface area contributed by atoms with Crippen molar-refractivity contribution in [2.45, 2.75) is 51.7 Å². The summed E-state index contributed by atoms with van der Waals surface area (Å²) in [5.41, 5.74) is 0.889. The van der Waals surface area contributed by atoms with E-state index in [-0.39, 0.29) is 0 Å². The van der Waals surface area contributed by atoms with Crippen LogP contribution in [0.2, 0.25) is 0 Å². The molecule has 1 saturated carbocycles. The van der Waals surface area contributed by atoms with Crippen molar-refractivity contribution in [1.82, 2.24) is 4.98 Å². The van der Waals surface area contributed by atoms with Gasteiger partial charge in [0, 0.05) is 18.8 Å². The second-order valence-electron chi connectivity index (χ2n) is 4.90. The number of rotatable bonds is 6. The van der Waals surface area contributed by atoms with Crippen LogP contribution in [0.4, 0.5) is 5.82 Å². The van der Waals surface area contributed by atoms with E-state index in [0.717, 1.165) is 17.9 Å². The highest BCUT2D eigenvalue weighted by Gasteiger charge is 2.29. The lowest BCUT2D eigenvalue weighted by atomic mass is 10.2. The summed E-state index contributed by atoms with van der Waals surface area (Å²) >= 11 is 0. The first kappa shape index (κ1) is 12.4. The van der Waals surface area contributed by atoms with Gasteiger partial charge in [-0.2, -0.15) is 0 Å². The van der Waals surface area contributed by atoms with E-state index < -0.39 is 6.10 Å². The second kappa shape index (κ2) is 5.50. The minimum Gasteiger partial charge on any atom is -0.389 e. The van der Waals surface area contributed by atoms with Crippen LogP contribution in [0.5, 0.6) is 0 Å². The predicted octanol–water partition coefficient (Wildman–Crippen LogP) is 2.90. The number of anilines is 1. The molecule has 3 heteroatoms. The van der Waals surface area contributed by atoms with E-state index >= 15 is 0 Å². The van der Waals surface area contributed by atoms with Crippen molar-refractivity contribution in [2.24, 2.45) is 0 Å². The van der Waals surface area contributed by atoms with Crippen LogP contribution in [-0.2, 0) is 0 Å². The van der Waals surface area contributed by atoms with Crippen LogP contribution in [0, 0.1) is 0 Å². The largest absolute Gasteiger partial charge is 0.389 e. The number of unbranched alkanes of at least 4 members (excludes halogenated alkanes) is 1. The Balaban J connectivity index is 2.07. The third-order valence-corrected chi connectivity index (χ3v) is 3.29. The average Bonchev–Trinajstić information content (AvgIpc) is 3.14. The molecule has 1 aromatic heterocycles. The third-order valence-electron chi connectivity index (χ3n) is 3.29. The molecule has 1 aromatic rings. The quantitative estimate of drug-likeness (QED) is 0.822. The van der Waals surface area contributed by atoms with E-state index in [1.165, 1.54) is 25.7 Å². The molecule has 2 rings (SSSR count). The van der Waals surface area contributed by atoms with E-state index in [9.17, 15) is 5.11 Å². The van der Waals surface area contributed by atoms with Gasteiger partial charge in [0.05, 0.1) is 6.10 Å². The van der Waals surface area contributed by atoms with Gasteiger partial charge in [0.25, 0.3) is 0 Å². The van der Waals surface area contributed by atoms with Gasteiger partial charge in [-0.3, -0.25) is 0 Å². The van der Waals surface area contributed by atoms with Gasteiger partial charge in [-0.1, -0.05) is 19.4 Å². The smallest absolute Gasteiger partial charge is 0.128 e. The first-order valence-corrected chi connectivity index (χ1v) is 6.63. The fourth-order valence-corrected chi connectivity index (χ4v) is 2.01. The zero-order chi connectivity index (χ0) is 12.3. The summed E-state index contributed by atoms with van der Waals surface area (Å²) in [5.74, 6) is 1.06. The third kappa shape index (κ3) is 3.19. The van der Waals surface area contributed by atoms with Gasteiger partial charge >= 0.3 is 0 Å². The summed E-state index contributed by atoms with van der Waals surface area (Å²) in [6.45, 7) is 5.09. The Morgan fingerprint density at radius 3 is 2.71 bits per heavy atom. The van der Waals surface area contributed by atoms with Gasteiger partial charge in [-0.05, 0) is 37.8 Å². The van der Waals surface area contributed by atoms with Crippen molar-refractivity contribution in [3.63, 3.8) is 0 Å². The van der Waals surface area contributed by atoms with Gasteiger partial charge in [-0.25, -0.2) is 4.98 Å². The predicted molar refractivity (Wildman–Crippen MR) is 70.1 cm³/mol. The molecule has 3 nitrogen and oxygen atoms in total. The number of aliphatic hydroxyl groups is 1. The maximum atomic E-state index is 9.46. The van der Waals surface area contributed by atoms with Crippen LogP contribution >= 0.6 is 0 Å². The van der Waals surface area contributed by atoms with Crippen molar-refractivity contribution < 1.29 is 5.11 Å². The standard InChI is InChI=1S/C14H22N2O/c1-3-4-9-16(13-6-7-13)14-8-5-12(10-15-14)11(2)17/h5,8,10-11,13,17H,3-4,6-7,9H2,1-2H3. The molecule has 1 aliphatic carbocycles. The average molecular weight is 234 g/mol. The topological polar surface area (TPSA) is 36.4 Å². The number of aliphatic hydroxyl groups excluding tert-OH is 1. The minimum atomic E-state index is -0.429. The normalized spacial score (nSPS) is 16.9. The SMILES string of the molecule is CCCCN(c1ccc(C(C)O)cn1)C1CC1. The van der Waals surface area contributed by atoms with E-state index in [1.807, 2.05) is 12.1 Å². The number of hydrogen-bond acceptors (Lipinski definition) is 3. The van der Waals surface area contributed by atoms with Crippen LogP contribution in [-0.4, -0.2) is 22.7 Å². The van der Waals surface area contributed by atoms with Crippen molar-refractivity contribution in [1.29, 1.82) is 0 Å². The fourth-order valence-electron chi connectivity index (χ4n) is 2.01. The maximum absolute atomic E-state index is 9.46. The molecule has 0 aliphatic heterocycles. The Labute approximate surface area is 103 Å². The molecule has 1 atom stereocenters. The lowest BCUT2D eigenvalue weighted by Crippen LogP contribution is -2.27. The van der Waals surface area contributed by atoms with Crippen LogP contribution in [0.25, 0.3) is 0 Å². The summed E-state index contributed by atoms with van der Waals surface area (Å²) in [6.07, 6.45) is 6.39. The van der Waals surface area contributed by atoms with Gasteiger partial charge < -0.3 is 10.0 Å². The Kier molecular flexibility index (Phi) is 4.00. The van der Waals surface area contributed by atoms with Crippen LogP contribution in [0.1, 0.15) is 51.2 Å². The molecule has 0 saturated heterocycles. The molecule has 1 N–H and O–H groups in total. The van der Waals surface area contributed by atoms with Gasteiger partial charge in [0.2, 0.25) is 0 Å². The number of hydrogen-bond donors (Lipinski definition) is 1. The van der Waals surface area contributed by atoms with Crippen molar-refractivity contribution in [3.8, 4) is 0 Å². The summed E-state index contributed by atoms with van der Waals surface area (Å²) in [7, 11) is 0. The van der Waals surface area contributed by atoms with Crippen molar-refractivity contribution in [3.05, 3.63) is 23.9 Å². The number of nitrogens with zero attached hydrogens (tertiary/aromatic N) is 2. The van der Waals surface area contributed by atoms with Crippen molar-refractivity contribution >= 4 is 5.82 Å². The Bertz CT molecular complexity index is 344. The van der Waals surface area contributed by atoms with Crippen molar-refractivity contribution in [2.75, 3.05) is 11.4 Å². The molecular formula is C14H22N2O. The summed E-state index contributed by atoms with van der Waals surface area (Å²) in [4.78, 5) is 6.89. The zero-order valence-electron chi connectivity index (χ0n) is 10.8. The molecule has 0 aromatic carbocycles. The Morgan fingerprint density at radius 1 is 1.47 bits per heavy atom. The molecule has 1 unspecified atom stereocenters. The highest BCUT2D eigenvalue weighted by Crippen LogP contribution is 2.31.